The second kappa shape index (κ2) is 6.25. The molecule has 0 unspecified atom stereocenters. The Morgan fingerprint density at radius 2 is 2.28 bits per heavy atom. The lowest BCUT2D eigenvalue weighted by Gasteiger charge is -2.05. The van der Waals surface area contributed by atoms with E-state index in [-0.39, 0.29) is 11.3 Å². The molecule has 0 bridgehead atoms. The van der Waals surface area contributed by atoms with E-state index in [0.29, 0.717) is 18.7 Å². The van der Waals surface area contributed by atoms with Gasteiger partial charge in [-0.1, -0.05) is 0 Å². The number of aromatic carboxylic acids is 1. The second-order valence-electron chi connectivity index (χ2n) is 3.40. The van der Waals surface area contributed by atoms with Crippen LogP contribution in [0.4, 0.5) is 11.4 Å². The van der Waals surface area contributed by atoms with Gasteiger partial charge in [0.05, 0.1) is 10.5 Å². The summed E-state index contributed by atoms with van der Waals surface area (Å²) in [4.78, 5) is 20.9. The SMILES string of the molecule is CC#CCCNc1ccc(C(=O)O)cc1[N+](=O)[O-]. The summed E-state index contributed by atoms with van der Waals surface area (Å²) < 4.78 is 0. The fraction of sp³-hybridized carbons (Fsp3) is 0.250. The third-order valence-corrected chi connectivity index (χ3v) is 2.18. The number of nitro benzene ring substituents is 1. The third kappa shape index (κ3) is 3.49. The summed E-state index contributed by atoms with van der Waals surface area (Å²) in [6.07, 6.45) is 0.564. The number of hydrogen-bond donors (Lipinski definition) is 2. The molecule has 1 aromatic carbocycles. The maximum Gasteiger partial charge on any atom is 0.335 e. The monoisotopic (exact) mass is 248 g/mol. The van der Waals surface area contributed by atoms with E-state index < -0.39 is 10.9 Å². The van der Waals surface area contributed by atoms with Gasteiger partial charge in [0.2, 0.25) is 0 Å². The molecule has 94 valence electrons. The quantitative estimate of drug-likeness (QED) is 0.360. The fourth-order valence-electron chi connectivity index (χ4n) is 1.35. The zero-order valence-electron chi connectivity index (χ0n) is 9.77. The number of carboxylic acids is 1. The number of carbonyl (C=O) groups is 1. The molecule has 0 saturated carbocycles. The third-order valence-electron chi connectivity index (χ3n) is 2.18. The normalized spacial score (nSPS) is 9.17. The molecule has 1 rings (SSSR count). The highest BCUT2D eigenvalue weighted by Crippen LogP contribution is 2.25. The molecule has 2 N–H and O–H groups in total. The number of carboxylic acid groups (broad SMARTS) is 1. The van der Waals surface area contributed by atoms with Crippen molar-refractivity contribution in [2.75, 3.05) is 11.9 Å². The van der Waals surface area contributed by atoms with Gasteiger partial charge in [-0.05, 0) is 19.1 Å². The average molecular weight is 248 g/mol. The number of nitrogens with zero attached hydrogens (tertiary/aromatic N) is 1. The van der Waals surface area contributed by atoms with Crippen molar-refractivity contribution < 1.29 is 14.8 Å². The van der Waals surface area contributed by atoms with Crippen molar-refractivity contribution in [3.63, 3.8) is 0 Å². The van der Waals surface area contributed by atoms with Gasteiger partial charge in [0.1, 0.15) is 5.69 Å². The van der Waals surface area contributed by atoms with Crippen molar-refractivity contribution in [2.45, 2.75) is 13.3 Å². The first-order valence-corrected chi connectivity index (χ1v) is 5.21. The summed E-state index contributed by atoms with van der Waals surface area (Å²) in [5, 5.41) is 22.5. The molecule has 0 heterocycles. The Bertz CT molecular complexity index is 529. The standard InChI is InChI=1S/C12H12N2O4/c1-2-3-4-7-13-10-6-5-9(12(15)16)8-11(10)14(17)18/h5-6,8,13H,4,7H2,1H3,(H,15,16). The van der Waals surface area contributed by atoms with Gasteiger partial charge in [-0.15, -0.1) is 11.8 Å². The van der Waals surface area contributed by atoms with Crippen LogP contribution >= 0.6 is 0 Å². The minimum absolute atomic E-state index is 0.111. The first-order chi connectivity index (χ1) is 8.56. The molecule has 0 atom stereocenters. The molecular formula is C12H12N2O4. The molecule has 0 amide bonds. The molecule has 0 spiro atoms. The highest BCUT2D eigenvalue weighted by Gasteiger charge is 2.16. The molecule has 0 fully saturated rings. The summed E-state index contributed by atoms with van der Waals surface area (Å²) in [5.41, 5.74) is -0.0668. The predicted molar refractivity (Wildman–Crippen MR) is 66.6 cm³/mol. The van der Waals surface area contributed by atoms with Crippen LogP contribution in [0.5, 0.6) is 0 Å². The second-order valence-corrected chi connectivity index (χ2v) is 3.40. The Hall–Kier alpha value is -2.55. The van der Waals surface area contributed by atoms with Gasteiger partial charge in [0.25, 0.3) is 5.69 Å². The van der Waals surface area contributed by atoms with E-state index in [4.69, 9.17) is 5.11 Å². The van der Waals surface area contributed by atoms with Crippen molar-refractivity contribution in [3.05, 3.63) is 33.9 Å². The first kappa shape index (κ1) is 13.5. The molecule has 0 aliphatic rings. The summed E-state index contributed by atoms with van der Waals surface area (Å²) in [6.45, 7) is 2.18. The van der Waals surface area contributed by atoms with Crippen LogP contribution in [0.15, 0.2) is 18.2 Å². The van der Waals surface area contributed by atoms with Crippen LogP contribution in [0.25, 0.3) is 0 Å². The van der Waals surface area contributed by atoms with Crippen LogP contribution in [0.2, 0.25) is 0 Å². The summed E-state index contributed by atoms with van der Waals surface area (Å²) in [7, 11) is 0. The molecule has 0 aliphatic carbocycles. The van der Waals surface area contributed by atoms with E-state index in [9.17, 15) is 14.9 Å². The average Bonchev–Trinajstić information content (AvgIpc) is 2.34. The summed E-state index contributed by atoms with van der Waals surface area (Å²) in [5.74, 6) is 4.34. The zero-order chi connectivity index (χ0) is 13.5. The van der Waals surface area contributed by atoms with Crippen LogP contribution in [0.1, 0.15) is 23.7 Å². The number of rotatable bonds is 5. The smallest absolute Gasteiger partial charge is 0.335 e. The minimum atomic E-state index is -1.19. The Morgan fingerprint density at radius 1 is 1.56 bits per heavy atom. The van der Waals surface area contributed by atoms with Crippen LogP contribution in [-0.2, 0) is 0 Å². The van der Waals surface area contributed by atoms with Crippen LogP contribution in [0.3, 0.4) is 0 Å². The molecule has 0 aliphatic heterocycles. The molecule has 0 radical (unpaired) electrons. The Labute approximate surface area is 104 Å². The van der Waals surface area contributed by atoms with Gasteiger partial charge in [-0.2, -0.15) is 0 Å². The van der Waals surface area contributed by atoms with E-state index in [1.54, 1.807) is 6.92 Å². The zero-order valence-corrected chi connectivity index (χ0v) is 9.77. The number of hydrogen-bond acceptors (Lipinski definition) is 4. The van der Waals surface area contributed by atoms with Gasteiger partial charge in [0, 0.05) is 19.0 Å². The van der Waals surface area contributed by atoms with Crippen molar-refractivity contribution in [1.82, 2.24) is 0 Å². The van der Waals surface area contributed by atoms with Gasteiger partial charge in [0.15, 0.2) is 0 Å². The van der Waals surface area contributed by atoms with Crippen molar-refractivity contribution in [3.8, 4) is 11.8 Å². The molecule has 18 heavy (non-hydrogen) atoms. The fourth-order valence-corrected chi connectivity index (χ4v) is 1.35. The molecule has 0 aromatic heterocycles. The highest BCUT2D eigenvalue weighted by molar-refractivity contribution is 5.89. The topological polar surface area (TPSA) is 92.5 Å². The maximum atomic E-state index is 10.8. The summed E-state index contributed by atoms with van der Waals surface area (Å²) in [6, 6.07) is 3.75. The van der Waals surface area contributed by atoms with Gasteiger partial charge in [-0.25, -0.2) is 4.79 Å². The lowest BCUT2D eigenvalue weighted by atomic mass is 10.1. The molecule has 0 saturated heterocycles. The van der Waals surface area contributed by atoms with E-state index in [2.05, 4.69) is 17.2 Å². The lowest BCUT2D eigenvalue weighted by molar-refractivity contribution is -0.384. The Kier molecular flexibility index (Phi) is 4.69. The van der Waals surface area contributed by atoms with Gasteiger partial charge < -0.3 is 10.4 Å². The van der Waals surface area contributed by atoms with Gasteiger partial charge in [-0.3, -0.25) is 10.1 Å². The van der Waals surface area contributed by atoms with E-state index in [1.807, 2.05) is 0 Å². The van der Waals surface area contributed by atoms with Crippen molar-refractivity contribution in [1.29, 1.82) is 0 Å². The molecule has 6 nitrogen and oxygen atoms in total. The van der Waals surface area contributed by atoms with Crippen LogP contribution < -0.4 is 5.32 Å². The van der Waals surface area contributed by atoms with E-state index in [1.165, 1.54) is 12.1 Å². The molecular weight excluding hydrogens is 236 g/mol. The number of anilines is 1. The Morgan fingerprint density at radius 3 is 2.83 bits per heavy atom. The first-order valence-electron chi connectivity index (χ1n) is 5.21. The lowest BCUT2D eigenvalue weighted by Crippen LogP contribution is -2.05. The largest absolute Gasteiger partial charge is 0.478 e. The Balaban J connectivity index is 2.92. The van der Waals surface area contributed by atoms with Crippen LogP contribution in [0, 0.1) is 22.0 Å². The minimum Gasteiger partial charge on any atom is -0.478 e. The maximum absolute atomic E-state index is 10.8. The highest BCUT2D eigenvalue weighted by atomic mass is 16.6. The predicted octanol–water partition coefficient (Wildman–Crippen LogP) is 2.12. The molecule has 1 aromatic rings. The number of benzene rings is 1. The van der Waals surface area contributed by atoms with E-state index in [0.717, 1.165) is 6.07 Å². The summed E-state index contributed by atoms with van der Waals surface area (Å²) >= 11 is 0. The molecule has 6 heteroatoms. The number of nitrogens with one attached hydrogen (secondary N) is 1. The van der Waals surface area contributed by atoms with Crippen molar-refractivity contribution in [2.24, 2.45) is 0 Å². The van der Waals surface area contributed by atoms with Gasteiger partial charge >= 0.3 is 5.97 Å². The van der Waals surface area contributed by atoms with Crippen molar-refractivity contribution >= 4 is 17.3 Å². The number of nitro groups is 1. The van der Waals surface area contributed by atoms with Crippen LogP contribution in [-0.4, -0.2) is 22.5 Å². The van der Waals surface area contributed by atoms with E-state index >= 15 is 0 Å².